The van der Waals surface area contributed by atoms with E-state index in [0.29, 0.717) is 17.4 Å². The molecule has 0 radical (unpaired) electrons. The molecule has 3 rings (SSSR count). The van der Waals surface area contributed by atoms with Gasteiger partial charge in [-0.3, -0.25) is 19.7 Å². The molecular formula is C19H19N5O5S2. The largest absolute Gasteiger partial charge is 0.452 e. The maximum Gasteiger partial charge on any atom is 0.317 e. The SMILES string of the molecule is CCn1c(SCC(=O)OC(C)C(=O)Nc2ccc([N+](=O)[O-])cc2)nnc1-c1cccs1. The summed E-state index contributed by atoms with van der Waals surface area (Å²) in [4.78, 5) is 35.5. The number of carbonyl (C=O) groups excluding carboxylic acids is 2. The third-order valence-corrected chi connectivity index (χ3v) is 5.92. The van der Waals surface area contributed by atoms with Crippen molar-refractivity contribution in [1.29, 1.82) is 0 Å². The molecule has 0 fully saturated rings. The van der Waals surface area contributed by atoms with E-state index in [1.807, 2.05) is 29.0 Å². The fourth-order valence-corrected chi connectivity index (χ4v) is 4.09. The van der Waals surface area contributed by atoms with Crippen molar-refractivity contribution in [2.75, 3.05) is 11.1 Å². The predicted molar refractivity (Wildman–Crippen MR) is 117 cm³/mol. The number of hydrogen-bond acceptors (Lipinski definition) is 9. The lowest BCUT2D eigenvalue weighted by Gasteiger charge is -2.13. The highest BCUT2D eigenvalue weighted by molar-refractivity contribution is 7.99. The molecule has 10 nitrogen and oxygen atoms in total. The number of carbonyl (C=O) groups is 2. The second-order valence-corrected chi connectivity index (χ2v) is 8.13. The summed E-state index contributed by atoms with van der Waals surface area (Å²) in [6.45, 7) is 4.06. The van der Waals surface area contributed by atoms with Crippen LogP contribution in [-0.2, 0) is 20.9 Å². The van der Waals surface area contributed by atoms with E-state index in [0.717, 1.165) is 10.7 Å². The van der Waals surface area contributed by atoms with Crippen molar-refractivity contribution in [1.82, 2.24) is 14.8 Å². The van der Waals surface area contributed by atoms with Crippen LogP contribution in [0.25, 0.3) is 10.7 Å². The van der Waals surface area contributed by atoms with Gasteiger partial charge in [0, 0.05) is 24.4 Å². The first-order valence-corrected chi connectivity index (χ1v) is 11.1. The first-order valence-electron chi connectivity index (χ1n) is 9.23. The Bertz CT molecular complexity index is 1070. The Labute approximate surface area is 185 Å². The molecule has 12 heteroatoms. The van der Waals surface area contributed by atoms with E-state index < -0.39 is 22.9 Å². The Morgan fingerprint density at radius 3 is 2.65 bits per heavy atom. The number of hydrogen-bond donors (Lipinski definition) is 1. The smallest absolute Gasteiger partial charge is 0.317 e. The van der Waals surface area contributed by atoms with Gasteiger partial charge in [-0.05, 0) is 37.4 Å². The van der Waals surface area contributed by atoms with Crippen molar-refractivity contribution in [3.63, 3.8) is 0 Å². The molecule has 1 aromatic carbocycles. The standard InChI is InChI=1S/C19H19N5O5S2/c1-3-23-17(15-5-4-10-30-15)21-22-19(23)31-11-16(25)29-12(2)18(26)20-13-6-8-14(9-7-13)24(27)28/h4-10,12H,3,11H2,1-2H3,(H,20,26). The summed E-state index contributed by atoms with van der Waals surface area (Å²) >= 11 is 2.74. The Morgan fingerprint density at radius 2 is 2.03 bits per heavy atom. The molecule has 0 saturated heterocycles. The number of nitrogens with one attached hydrogen (secondary N) is 1. The summed E-state index contributed by atoms with van der Waals surface area (Å²) in [6.07, 6.45) is -1.03. The average Bonchev–Trinajstić information content (AvgIpc) is 3.41. The molecule has 2 aromatic heterocycles. The van der Waals surface area contributed by atoms with Gasteiger partial charge in [-0.25, -0.2) is 0 Å². The third kappa shape index (κ3) is 5.67. The van der Waals surface area contributed by atoms with E-state index in [2.05, 4.69) is 15.5 Å². The van der Waals surface area contributed by atoms with E-state index in [4.69, 9.17) is 4.74 Å². The van der Waals surface area contributed by atoms with E-state index in [1.54, 1.807) is 11.3 Å². The second kappa shape index (κ2) is 10.2. The number of nitro groups is 1. The number of ether oxygens (including phenoxy) is 1. The summed E-state index contributed by atoms with van der Waals surface area (Å²) in [5.74, 6) is -0.398. The highest BCUT2D eigenvalue weighted by Crippen LogP contribution is 2.27. The molecular weight excluding hydrogens is 442 g/mol. The number of nitro benzene ring substituents is 1. The lowest BCUT2D eigenvalue weighted by molar-refractivity contribution is -0.384. The van der Waals surface area contributed by atoms with Gasteiger partial charge in [0.2, 0.25) is 0 Å². The summed E-state index contributed by atoms with van der Waals surface area (Å²) in [7, 11) is 0. The molecule has 0 aliphatic heterocycles. The van der Waals surface area contributed by atoms with Gasteiger partial charge in [-0.1, -0.05) is 17.8 Å². The monoisotopic (exact) mass is 461 g/mol. The van der Waals surface area contributed by atoms with Crippen LogP contribution >= 0.6 is 23.1 Å². The number of rotatable bonds is 9. The van der Waals surface area contributed by atoms with Crippen LogP contribution in [0.3, 0.4) is 0 Å². The molecule has 1 unspecified atom stereocenters. The summed E-state index contributed by atoms with van der Waals surface area (Å²) in [5.41, 5.74) is 0.279. The minimum atomic E-state index is -1.03. The van der Waals surface area contributed by atoms with E-state index >= 15 is 0 Å². The minimum absolute atomic E-state index is 0.0300. The average molecular weight is 462 g/mol. The number of thiophene rings is 1. The van der Waals surface area contributed by atoms with Gasteiger partial charge in [-0.2, -0.15) is 0 Å². The zero-order valence-electron chi connectivity index (χ0n) is 16.7. The van der Waals surface area contributed by atoms with Crippen molar-refractivity contribution < 1.29 is 19.2 Å². The van der Waals surface area contributed by atoms with Crippen molar-refractivity contribution >= 4 is 46.3 Å². The van der Waals surface area contributed by atoms with Crippen LogP contribution in [0.2, 0.25) is 0 Å². The van der Waals surface area contributed by atoms with Crippen LogP contribution in [0.15, 0.2) is 46.9 Å². The van der Waals surface area contributed by atoms with Gasteiger partial charge in [0.05, 0.1) is 15.6 Å². The maximum absolute atomic E-state index is 12.2. The molecule has 31 heavy (non-hydrogen) atoms. The topological polar surface area (TPSA) is 129 Å². The lowest BCUT2D eigenvalue weighted by Crippen LogP contribution is -2.30. The number of anilines is 1. The van der Waals surface area contributed by atoms with Crippen LogP contribution in [0, 0.1) is 10.1 Å². The Balaban J connectivity index is 1.52. The summed E-state index contributed by atoms with van der Waals surface area (Å²) in [5, 5.41) is 24.1. The number of nitrogens with zero attached hydrogens (tertiary/aromatic N) is 4. The molecule has 1 atom stereocenters. The van der Waals surface area contributed by atoms with Crippen LogP contribution in [-0.4, -0.2) is 43.4 Å². The molecule has 1 N–H and O–H groups in total. The summed E-state index contributed by atoms with van der Waals surface area (Å²) in [6, 6.07) is 9.25. The number of aromatic nitrogens is 3. The van der Waals surface area contributed by atoms with Gasteiger partial charge in [-0.15, -0.1) is 21.5 Å². The zero-order chi connectivity index (χ0) is 22.4. The Morgan fingerprint density at radius 1 is 1.29 bits per heavy atom. The molecule has 0 spiro atoms. The number of esters is 1. The Hall–Kier alpha value is -3.25. The van der Waals surface area contributed by atoms with Crippen molar-refractivity contribution in [2.24, 2.45) is 0 Å². The molecule has 0 saturated carbocycles. The Kier molecular flexibility index (Phi) is 7.36. The van der Waals surface area contributed by atoms with Gasteiger partial charge < -0.3 is 14.6 Å². The van der Waals surface area contributed by atoms with Crippen LogP contribution in [0.4, 0.5) is 11.4 Å². The maximum atomic E-state index is 12.2. The molecule has 0 aliphatic carbocycles. The second-order valence-electron chi connectivity index (χ2n) is 6.24. The quantitative estimate of drug-likeness (QED) is 0.221. The fraction of sp³-hybridized carbons (Fsp3) is 0.263. The van der Waals surface area contributed by atoms with Crippen molar-refractivity contribution in [3.05, 3.63) is 51.9 Å². The predicted octanol–water partition coefficient (Wildman–Crippen LogP) is 3.60. The minimum Gasteiger partial charge on any atom is -0.452 e. The van der Waals surface area contributed by atoms with Crippen LogP contribution in [0.1, 0.15) is 13.8 Å². The first kappa shape index (κ1) is 22.4. The van der Waals surface area contributed by atoms with E-state index in [9.17, 15) is 19.7 Å². The fourth-order valence-electron chi connectivity index (χ4n) is 2.59. The highest BCUT2D eigenvalue weighted by Gasteiger charge is 2.20. The van der Waals surface area contributed by atoms with E-state index in [1.165, 1.54) is 43.0 Å². The highest BCUT2D eigenvalue weighted by atomic mass is 32.2. The van der Waals surface area contributed by atoms with Crippen LogP contribution < -0.4 is 5.32 Å². The molecule has 3 aromatic rings. The molecule has 1 amide bonds. The molecule has 0 bridgehead atoms. The van der Waals surface area contributed by atoms with E-state index in [-0.39, 0.29) is 11.4 Å². The van der Waals surface area contributed by atoms with Gasteiger partial charge in [0.1, 0.15) is 0 Å². The summed E-state index contributed by atoms with van der Waals surface area (Å²) < 4.78 is 7.10. The van der Waals surface area contributed by atoms with Crippen molar-refractivity contribution in [3.8, 4) is 10.7 Å². The number of thioether (sulfide) groups is 1. The van der Waals surface area contributed by atoms with Gasteiger partial charge in [0.15, 0.2) is 17.1 Å². The van der Waals surface area contributed by atoms with Gasteiger partial charge in [0.25, 0.3) is 11.6 Å². The number of benzene rings is 1. The van der Waals surface area contributed by atoms with Gasteiger partial charge >= 0.3 is 5.97 Å². The molecule has 162 valence electrons. The number of non-ortho nitro benzene ring substituents is 1. The first-order chi connectivity index (χ1) is 14.9. The van der Waals surface area contributed by atoms with Crippen molar-refractivity contribution in [2.45, 2.75) is 31.7 Å². The molecule has 0 aliphatic rings. The number of amides is 1. The lowest BCUT2D eigenvalue weighted by atomic mass is 10.2. The third-order valence-electron chi connectivity index (χ3n) is 4.12. The van der Waals surface area contributed by atoms with Crippen LogP contribution in [0.5, 0.6) is 0 Å². The zero-order valence-corrected chi connectivity index (χ0v) is 18.3. The normalized spacial score (nSPS) is 11.7. The molecule has 2 heterocycles.